The molecular formula is C2H6O5P-. The smallest absolute Gasteiger partial charge is 0.470 e. The number of hydrogen-bond acceptors (Lipinski definition) is 4. The maximum Gasteiger partial charge on any atom is 0.470 e. The van der Waals surface area contributed by atoms with E-state index in [2.05, 4.69) is 9.05 Å². The molecule has 6 heteroatoms. The van der Waals surface area contributed by atoms with Crippen LogP contribution in [0.15, 0.2) is 0 Å². The summed E-state index contributed by atoms with van der Waals surface area (Å²) in [5.41, 5.74) is 0. The fourth-order valence-corrected chi connectivity index (χ4v) is 0.358. The van der Waals surface area contributed by atoms with Gasteiger partial charge in [-0.3, -0.25) is 4.52 Å². The molecule has 0 bridgehead atoms. The fourth-order valence-electron chi connectivity index (χ4n) is 0.119. The van der Waals surface area contributed by atoms with E-state index in [4.69, 9.17) is 4.89 Å². The van der Waals surface area contributed by atoms with E-state index in [9.17, 15) is 9.67 Å². The first kappa shape index (κ1) is 8.07. The summed E-state index contributed by atoms with van der Waals surface area (Å²) in [5, 5.41) is 9.47. The third-order valence-corrected chi connectivity index (χ3v) is 1.34. The average Bonchev–Trinajstić information content (AvgIpc) is 1.67. The maximum atomic E-state index is 10.1. The zero-order valence-corrected chi connectivity index (χ0v) is 5.13. The topological polar surface area (TPSA) is 78.8 Å². The molecule has 0 aliphatic rings. The standard InChI is InChI=1S/C2H6O5P/c1-6-8(4,5)7-2-3/h2H2,1H3,(H,4,5)/q-1. The lowest BCUT2D eigenvalue weighted by Crippen LogP contribution is -2.08. The van der Waals surface area contributed by atoms with Crippen molar-refractivity contribution in [2.75, 3.05) is 13.9 Å². The highest BCUT2D eigenvalue weighted by atomic mass is 31.2. The van der Waals surface area contributed by atoms with E-state index in [-0.39, 0.29) is 0 Å². The van der Waals surface area contributed by atoms with Crippen LogP contribution in [0.1, 0.15) is 0 Å². The van der Waals surface area contributed by atoms with Gasteiger partial charge >= 0.3 is 7.82 Å². The van der Waals surface area contributed by atoms with Crippen LogP contribution in [0, 0.1) is 0 Å². The first-order valence-corrected chi connectivity index (χ1v) is 3.23. The molecule has 0 amide bonds. The minimum absolute atomic E-state index is 0.983. The van der Waals surface area contributed by atoms with Gasteiger partial charge in [-0.25, -0.2) is 4.57 Å². The largest absolute Gasteiger partial charge is 0.833 e. The monoisotopic (exact) mass is 141 g/mol. The second kappa shape index (κ2) is 3.17. The lowest BCUT2D eigenvalue weighted by molar-refractivity contribution is -0.415. The van der Waals surface area contributed by atoms with Crippen LogP contribution in [0.3, 0.4) is 0 Å². The lowest BCUT2D eigenvalue weighted by Gasteiger charge is -2.09. The zero-order chi connectivity index (χ0) is 6.62. The van der Waals surface area contributed by atoms with Gasteiger partial charge in [0.25, 0.3) is 0 Å². The molecule has 0 rings (SSSR count). The van der Waals surface area contributed by atoms with Crippen molar-refractivity contribution in [3.8, 4) is 0 Å². The van der Waals surface area contributed by atoms with Crippen LogP contribution < -0.4 is 5.11 Å². The Morgan fingerprint density at radius 2 is 2.38 bits per heavy atom. The van der Waals surface area contributed by atoms with Crippen molar-refractivity contribution in [3.05, 3.63) is 0 Å². The molecule has 0 saturated heterocycles. The van der Waals surface area contributed by atoms with E-state index in [0.29, 0.717) is 0 Å². The summed E-state index contributed by atoms with van der Waals surface area (Å²) in [5.74, 6) is 0. The van der Waals surface area contributed by atoms with Crippen LogP contribution in [-0.2, 0) is 13.6 Å². The maximum absolute atomic E-state index is 10.1. The highest BCUT2D eigenvalue weighted by Gasteiger charge is 2.14. The second-order valence-electron chi connectivity index (χ2n) is 0.898. The molecule has 0 spiro atoms. The van der Waals surface area contributed by atoms with Crippen molar-refractivity contribution < 1.29 is 23.6 Å². The predicted molar refractivity (Wildman–Crippen MR) is 22.8 cm³/mol. The van der Waals surface area contributed by atoms with Crippen LogP contribution in [0.2, 0.25) is 0 Å². The number of phosphoric ester groups is 1. The van der Waals surface area contributed by atoms with Gasteiger partial charge < -0.3 is 14.5 Å². The Hall–Kier alpha value is 0.0700. The van der Waals surface area contributed by atoms with Crippen molar-refractivity contribution in [3.63, 3.8) is 0 Å². The fraction of sp³-hybridized carbons (Fsp3) is 1.00. The molecule has 0 aromatic rings. The van der Waals surface area contributed by atoms with E-state index < -0.39 is 14.6 Å². The zero-order valence-electron chi connectivity index (χ0n) is 4.23. The van der Waals surface area contributed by atoms with Crippen LogP contribution in [-0.4, -0.2) is 18.8 Å². The molecule has 8 heavy (non-hydrogen) atoms. The summed E-state index contributed by atoms with van der Waals surface area (Å²) >= 11 is 0. The van der Waals surface area contributed by atoms with Gasteiger partial charge in [-0.15, -0.1) is 0 Å². The van der Waals surface area contributed by atoms with Gasteiger partial charge in [0, 0.05) is 7.11 Å². The molecule has 5 nitrogen and oxygen atoms in total. The van der Waals surface area contributed by atoms with E-state index in [1.165, 1.54) is 0 Å². The van der Waals surface area contributed by atoms with E-state index in [1.54, 1.807) is 0 Å². The van der Waals surface area contributed by atoms with Crippen LogP contribution in [0.25, 0.3) is 0 Å². The molecule has 0 fully saturated rings. The number of phosphoric acid groups is 1. The average molecular weight is 141 g/mol. The molecule has 0 aromatic heterocycles. The molecule has 0 radical (unpaired) electrons. The van der Waals surface area contributed by atoms with Crippen LogP contribution >= 0.6 is 7.82 Å². The Kier molecular flexibility index (Phi) is 3.19. The van der Waals surface area contributed by atoms with Crippen LogP contribution in [0.4, 0.5) is 0 Å². The molecule has 50 valence electrons. The van der Waals surface area contributed by atoms with Gasteiger partial charge in [-0.2, -0.15) is 0 Å². The molecule has 1 unspecified atom stereocenters. The summed E-state index contributed by atoms with van der Waals surface area (Å²) in [6.07, 6.45) is 0. The van der Waals surface area contributed by atoms with Crippen molar-refractivity contribution in [2.45, 2.75) is 0 Å². The van der Waals surface area contributed by atoms with Gasteiger partial charge in [0.05, 0.1) is 0 Å². The van der Waals surface area contributed by atoms with Crippen LogP contribution in [0.5, 0.6) is 0 Å². The van der Waals surface area contributed by atoms with Crippen molar-refractivity contribution in [2.24, 2.45) is 0 Å². The molecule has 0 heterocycles. The number of hydrogen-bond donors (Lipinski definition) is 1. The molecule has 1 atom stereocenters. The third-order valence-electron chi connectivity index (χ3n) is 0.447. The Balaban J connectivity index is 3.55. The highest BCUT2D eigenvalue weighted by molar-refractivity contribution is 7.47. The van der Waals surface area contributed by atoms with E-state index in [0.717, 1.165) is 7.11 Å². The number of rotatable bonds is 3. The predicted octanol–water partition coefficient (Wildman–Crippen LogP) is -0.932. The van der Waals surface area contributed by atoms with E-state index in [1.807, 2.05) is 0 Å². The summed E-state index contributed by atoms with van der Waals surface area (Å²) < 4.78 is 17.7. The Labute approximate surface area is 46.5 Å². The Morgan fingerprint density at radius 3 is 2.50 bits per heavy atom. The first-order chi connectivity index (χ1) is 3.62. The molecule has 1 N–H and O–H groups in total. The second-order valence-corrected chi connectivity index (χ2v) is 2.46. The SMILES string of the molecule is COP(=O)(O)OC[O-]. The minimum atomic E-state index is -3.99. The Morgan fingerprint density at radius 1 is 1.88 bits per heavy atom. The molecule has 0 aliphatic carbocycles. The lowest BCUT2D eigenvalue weighted by atomic mass is 11.6. The van der Waals surface area contributed by atoms with E-state index >= 15 is 0 Å². The van der Waals surface area contributed by atoms with Crippen molar-refractivity contribution in [1.29, 1.82) is 0 Å². The molecule has 0 aliphatic heterocycles. The normalized spacial score (nSPS) is 17.9. The van der Waals surface area contributed by atoms with Crippen molar-refractivity contribution in [1.82, 2.24) is 0 Å². The molecular weight excluding hydrogens is 135 g/mol. The van der Waals surface area contributed by atoms with Gasteiger partial charge in [-0.05, 0) is 6.79 Å². The minimum Gasteiger partial charge on any atom is -0.833 e. The van der Waals surface area contributed by atoms with Gasteiger partial charge in [0.15, 0.2) is 0 Å². The summed E-state index contributed by atoms with van der Waals surface area (Å²) in [6, 6.07) is 0. The third kappa shape index (κ3) is 3.12. The summed E-state index contributed by atoms with van der Waals surface area (Å²) in [7, 11) is -3.00. The summed E-state index contributed by atoms with van der Waals surface area (Å²) in [4.78, 5) is 8.23. The van der Waals surface area contributed by atoms with Gasteiger partial charge in [-0.1, -0.05) is 0 Å². The molecule has 0 aromatic carbocycles. The van der Waals surface area contributed by atoms with Gasteiger partial charge in [0.2, 0.25) is 0 Å². The quantitative estimate of drug-likeness (QED) is 0.405. The van der Waals surface area contributed by atoms with Gasteiger partial charge in [0.1, 0.15) is 0 Å². The Bertz CT molecular complexity index is 101. The summed E-state index contributed by atoms with van der Waals surface area (Å²) in [6.45, 7) is -1.07. The first-order valence-electron chi connectivity index (χ1n) is 1.73. The highest BCUT2D eigenvalue weighted by Crippen LogP contribution is 2.40. The molecule has 0 saturated carbocycles. The van der Waals surface area contributed by atoms with Crippen molar-refractivity contribution >= 4 is 7.82 Å².